The van der Waals surface area contributed by atoms with Gasteiger partial charge in [-0.25, -0.2) is 4.98 Å². The van der Waals surface area contributed by atoms with Crippen LogP contribution in [-0.4, -0.2) is 20.1 Å². The molecule has 1 aromatic carbocycles. The average molecular weight is 311 g/mol. The molecule has 0 aliphatic heterocycles. The van der Waals surface area contributed by atoms with Gasteiger partial charge in [0.05, 0.1) is 16.6 Å². The Morgan fingerprint density at radius 3 is 2.83 bits per heavy atom. The summed E-state index contributed by atoms with van der Waals surface area (Å²) in [6.07, 6.45) is 5.57. The molecule has 1 saturated carbocycles. The number of hydrogen-bond acceptors (Lipinski definition) is 5. The third-order valence-corrected chi connectivity index (χ3v) is 4.75. The number of nitrogens with two attached hydrogens (primary N) is 1. The van der Waals surface area contributed by atoms with Crippen LogP contribution in [0.25, 0.3) is 11.0 Å². The van der Waals surface area contributed by atoms with Crippen molar-refractivity contribution in [3.05, 3.63) is 41.3 Å². The molecule has 3 N–H and O–H groups in total. The van der Waals surface area contributed by atoms with E-state index in [1.807, 2.05) is 12.1 Å². The molecule has 4 rings (SSSR count). The summed E-state index contributed by atoms with van der Waals surface area (Å²) < 4.78 is 5.38. The Balaban J connectivity index is 1.48. The Labute approximate surface area is 134 Å². The number of benzene rings is 1. The summed E-state index contributed by atoms with van der Waals surface area (Å²) in [5.41, 5.74) is 9.25. The summed E-state index contributed by atoms with van der Waals surface area (Å²) >= 11 is 0. The van der Waals surface area contributed by atoms with Crippen LogP contribution in [-0.2, 0) is 18.4 Å². The van der Waals surface area contributed by atoms with Gasteiger partial charge in [-0.05, 0) is 31.4 Å². The van der Waals surface area contributed by atoms with E-state index in [0.29, 0.717) is 18.1 Å². The van der Waals surface area contributed by atoms with E-state index in [1.54, 1.807) is 0 Å². The normalized spacial score (nSPS) is 17.1. The van der Waals surface area contributed by atoms with Gasteiger partial charge in [-0.2, -0.15) is 4.98 Å². The number of aromatic nitrogens is 4. The largest absolute Gasteiger partial charge is 0.342 e. The van der Waals surface area contributed by atoms with Crippen molar-refractivity contribution in [2.75, 3.05) is 0 Å². The van der Waals surface area contributed by atoms with Crippen molar-refractivity contribution in [3.63, 3.8) is 0 Å². The van der Waals surface area contributed by atoms with E-state index in [1.165, 1.54) is 5.56 Å². The van der Waals surface area contributed by atoms with Crippen LogP contribution >= 0.6 is 0 Å². The zero-order chi connectivity index (χ0) is 15.9. The molecule has 120 valence electrons. The summed E-state index contributed by atoms with van der Waals surface area (Å²) in [6, 6.07) is 6.15. The van der Waals surface area contributed by atoms with Crippen LogP contribution in [0.2, 0.25) is 0 Å². The van der Waals surface area contributed by atoms with Gasteiger partial charge in [0.15, 0.2) is 5.82 Å². The van der Waals surface area contributed by atoms with E-state index in [4.69, 9.17) is 10.3 Å². The number of H-pyrrole nitrogens is 1. The van der Waals surface area contributed by atoms with Crippen molar-refractivity contribution in [2.24, 2.45) is 5.73 Å². The van der Waals surface area contributed by atoms with Gasteiger partial charge in [-0.15, -0.1) is 0 Å². The first-order valence-corrected chi connectivity index (χ1v) is 8.20. The Morgan fingerprint density at radius 2 is 2.04 bits per heavy atom. The number of hydrogen-bond donors (Lipinski definition) is 2. The summed E-state index contributed by atoms with van der Waals surface area (Å²) in [4.78, 5) is 12.5. The lowest BCUT2D eigenvalue weighted by Crippen LogP contribution is -2.34. The van der Waals surface area contributed by atoms with Crippen LogP contribution < -0.4 is 5.73 Å². The second-order valence-corrected chi connectivity index (χ2v) is 6.53. The lowest BCUT2D eigenvalue weighted by atomic mass is 9.99. The molecule has 2 heterocycles. The Kier molecular flexibility index (Phi) is 3.41. The molecule has 0 amide bonds. The SMILES string of the molecule is Cc1cccc2[nH]c(CCc3nc(C4(N)CCCC4)no3)nc12. The molecule has 0 spiro atoms. The highest BCUT2D eigenvalue weighted by Crippen LogP contribution is 2.34. The highest BCUT2D eigenvalue weighted by molar-refractivity contribution is 5.78. The summed E-state index contributed by atoms with van der Waals surface area (Å²) in [6.45, 7) is 2.07. The number of fused-ring (bicyclic) bond motifs is 1. The Morgan fingerprint density at radius 1 is 1.22 bits per heavy atom. The third kappa shape index (κ3) is 2.63. The lowest BCUT2D eigenvalue weighted by molar-refractivity contribution is 0.348. The van der Waals surface area contributed by atoms with Crippen molar-refractivity contribution in [1.82, 2.24) is 20.1 Å². The van der Waals surface area contributed by atoms with Crippen LogP contribution in [0.1, 0.15) is 48.8 Å². The van der Waals surface area contributed by atoms with Crippen LogP contribution in [0.3, 0.4) is 0 Å². The van der Waals surface area contributed by atoms with Crippen molar-refractivity contribution in [2.45, 2.75) is 51.0 Å². The number of nitrogens with zero attached hydrogens (tertiary/aromatic N) is 3. The molecule has 0 unspecified atom stereocenters. The van der Waals surface area contributed by atoms with Gasteiger partial charge in [-0.1, -0.05) is 30.1 Å². The molecule has 1 fully saturated rings. The first-order chi connectivity index (χ1) is 11.1. The van der Waals surface area contributed by atoms with Gasteiger partial charge in [-0.3, -0.25) is 0 Å². The minimum absolute atomic E-state index is 0.391. The van der Waals surface area contributed by atoms with E-state index < -0.39 is 5.54 Å². The van der Waals surface area contributed by atoms with Gasteiger partial charge < -0.3 is 15.2 Å². The molecule has 1 aliphatic rings. The molecule has 0 radical (unpaired) electrons. The topological polar surface area (TPSA) is 93.6 Å². The maximum atomic E-state index is 6.37. The van der Waals surface area contributed by atoms with Gasteiger partial charge in [0, 0.05) is 12.8 Å². The number of aryl methyl sites for hydroxylation is 3. The highest BCUT2D eigenvalue weighted by Gasteiger charge is 2.35. The van der Waals surface area contributed by atoms with Crippen molar-refractivity contribution >= 4 is 11.0 Å². The predicted octanol–water partition coefficient (Wildman–Crippen LogP) is 2.77. The van der Waals surface area contributed by atoms with Crippen molar-refractivity contribution < 1.29 is 4.52 Å². The fourth-order valence-electron chi connectivity index (χ4n) is 3.36. The van der Waals surface area contributed by atoms with Crippen LogP contribution in [0.5, 0.6) is 0 Å². The number of para-hydroxylation sites is 1. The Hall–Kier alpha value is -2.21. The fraction of sp³-hybridized carbons (Fsp3) is 0.471. The molecule has 0 bridgehead atoms. The second-order valence-electron chi connectivity index (χ2n) is 6.53. The van der Waals surface area contributed by atoms with Crippen LogP contribution in [0, 0.1) is 6.92 Å². The van der Waals surface area contributed by atoms with E-state index in [0.717, 1.165) is 49.0 Å². The van der Waals surface area contributed by atoms with Gasteiger partial charge in [0.25, 0.3) is 0 Å². The van der Waals surface area contributed by atoms with E-state index >= 15 is 0 Å². The maximum Gasteiger partial charge on any atom is 0.227 e. The summed E-state index contributed by atoms with van der Waals surface area (Å²) in [5, 5.41) is 4.10. The number of imidazole rings is 1. The fourth-order valence-corrected chi connectivity index (χ4v) is 3.36. The van der Waals surface area contributed by atoms with E-state index in [9.17, 15) is 0 Å². The molecular formula is C17H21N5O. The van der Waals surface area contributed by atoms with E-state index in [-0.39, 0.29) is 0 Å². The maximum absolute atomic E-state index is 6.37. The lowest BCUT2D eigenvalue weighted by Gasteiger charge is -2.17. The molecular weight excluding hydrogens is 290 g/mol. The quantitative estimate of drug-likeness (QED) is 0.772. The highest BCUT2D eigenvalue weighted by atomic mass is 16.5. The van der Waals surface area contributed by atoms with Gasteiger partial charge >= 0.3 is 0 Å². The molecule has 0 atom stereocenters. The predicted molar refractivity (Wildman–Crippen MR) is 86.9 cm³/mol. The van der Waals surface area contributed by atoms with Crippen molar-refractivity contribution in [1.29, 1.82) is 0 Å². The minimum atomic E-state index is -0.391. The second kappa shape index (κ2) is 5.45. The smallest absolute Gasteiger partial charge is 0.227 e. The zero-order valence-electron chi connectivity index (χ0n) is 13.3. The third-order valence-electron chi connectivity index (χ3n) is 4.75. The zero-order valence-corrected chi connectivity index (χ0v) is 13.3. The molecule has 23 heavy (non-hydrogen) atoms. The van der Waals surface area contributed by atoms with Gasteiger partial charge in [0.2, 0.25) is 5.89 Å². The monoisotopic (exact) mass is 311 g/mol. The molecule has 6 heteroatoms. The molecule has 2 aromatic heterocycles. The van der Waals surface area contributed by atoms with E-state index in [2.05, 4.69) is 33.1 Å². The van der Waals surface area contributed by atoms with Crippen LogP contribution in [0.4, 0.5) is 0 Å². The summed E-state index contributed by atoms with van der Waals surface area (Å²) in [5.74, 6) is 2.23. The minimum Gasteiger partial charge on any atom is -0.342 e. The number of aromatic amines is 1. The molecule has 1 aliphatic carbocycles. The first kappa shape index (κ1) is 14.4. The van der Waals surface area contributed by atoms with Crippen molar-refractivity contribution in [3.8, 4) is 0 Å². The first-order valence-electron chi connectivity index (χ1n) is 8.20. The molecule has 0 saturated heterocycles. The number of rotatable bonds is 4. The van der Waals surface area contributed by atoms with Crippen LogP contribution in [0.15, 0.2) is 22.7 Å². The standard InChI is InChI=1S/C17H21N5O/c1-11-5-4-6-12-15(11)20-13(19-12)7-8-14-21-16(22-23-14)17(18)9-2-3-10-17/h4-6H,2-3,7-10,18H2,1H3,(H,19,20). The molecule has 6 nitrogen and oxygen atoms in total. The average Bonchev–Trinajstić information content (AvgIpc) is 3.24. The summed E-state index contributed by atoms with van der Waals surface area (Å²) in [7, 11) is 0. The number of nitrogens with one attached hydrogen (secondary N) is 1. The Bertz CT molecular complexity index is 828. The van der Waals surface area contributed by atoms with Gasteiger partial charge in [0.1, 0.15) is 5.82 Å². The molecule has 3 aromatic rings.